The maximum absolute atomic E-state index is 10.7. The Morgan fingerprint density at radius 1 is 1.18 bits per heavy atom. The normalized spacial score (nSPS) is 11.7. The second-order valence-electron chi connectivity index (χ2n) is 3.73. The molecule has 0 saturated heterocycles. The van der Waals surface area contributed by atoms with Gasteiger partial charge in [-0.3, -0.25) is 4.18 Å². The Labute approximate surface area is 112 Å². The molecule has 0 aliphatic carbocycles. The summed E-state index contributed by atoms with van der Waals surface area (Å²) in [5, 5.41) is 1.08. The molecule has 0 unspecified atom stereocenters. The molecule has 3 nitrogen and oxygen atoms in total. The highest BCUT2D eigenvalue weighted by Gasteiger charge is 2.02. The van der Waals surface area contributed by atoms with Gasteiger partial charge in [0.1, 0.15) is 0 Å². The van der Waals surface area contributed by atoms with Crippen LogP contribution in [0.2, 0.25) is 10.0 Å². The summed E-state index contributed by atoms with van der Waals surface area (Å²) in [6, 6.07) is 5.49. The van der Waals surface area contributed by atoms with E-state index in [1.807, 2.05) is 12.1 Å². The average Bonchev–Trinajstić information content (AvgIpc) is 2.21. The summed E-state index contributed by atoms with van der Waals surface area (Å²) in [6.07, 6.45) is 3.40. The lowest BCUT2D eigenvalue weighted by atomic mass is 10.1. The average molecular weight is 297 g/mol. The Kier molecular flexibility index (Phi) is 5.73. The molecule has 0 aromatic heterocycles. The highest BCUT2D eigenvalue weighted by molar-refractivity contribution is 7.85. The summed E-state index contributed by atoms with van der Waals surface area (Å²) in [5.74, 6) is 0. The van der Waals surface area contributed by atoms with E-state index in [2.05, 4.69) is 4.18 Å². The Morgan fingerprint density at radius 3 is 2.47 bits per heavy atom. The first-order valence-electron chi connectivity index (χ1n) is 5.17. The standard InChI is InChI=1S/C11H14Cl2O3S/c1-17(14,15)16-7-3-2-4-9-5-6-10(12)11(13)8-9/h5-6,8H,2-4,7H2,1H3. The van der Waals surface area contributed by atoms with Gasteiger partial charge in [-0.05, 0) is 37.0 Å². The summed E-state index contributed by atoms with van der Waals surface area (Å²) in [6.45, 7) is 0.222. The summed E-state index contributed by atoms with van der Waals surface area (Å²) in [4.78, 5) is 0. The highest BCUT2D eigenvalue weighted by atomic mass is 35.5. The van der Waals surface area contributed by atoms with E-state index in [0.29, 0.717) is 16.5 Å². The molecule has 0 aliphatic rings. The van der Waals surface area contributed by atoms with E-state index in [1.54, 1.807) is 6.07 Å². The van der Waals surface area contributed by atoms with E-state index in [1.165, 1.54) is 0 Å². The van der Waals surface area contributed by atoms with Crippen LogP contribution in [0.5, 0.6) is 0 Å². The molecule has 17 heavy (non-hydrogen) atoms. The maximum Gasteiger partial charge on any atom is 0.264 e. The van der Waals surface area contributed by atoms with Crippen LogP contribution in [0.1, 0.15) is 18.4 Å². The van der Waals surface area contributed by atoms with Gasteiger partial charge in [0, 0.05) is 0 Å². The molecule has 0 N–H and O–H groups in total. The van der Waals surface area contributed by atoms with Gasteiger partial charge in [-0.1, -0.05) is 29.3 Å². The van der Waals surface area contributed by atoms with E-state index >= 15 is 0 Å². The topological polar surface area (TPSA) is 43.4 Å². The van der Waals surface area contributed by atoms with Crippen molar-refractivity contribution in [1.29, 1.82) is 0 Å². The fourth-order valence-electron chi connectivity index (χ4n) is 1.34. The van der Waals surface area contributed by atoms with Crippen LogP contribution in [0.15, 0.2) is 18.2 Å². The third kappa shape index (κ3) is 6.27. The van der Waals surface area contributed by atoms with Crippen LogP contribution in [0.4, 0.5) is 0 Å². The van der Waals surface area contributed by atoms with Crippen LogP contribution >= 0.6 is 23.2 Å². The van der Waals surface area contributed by atoms with Crippen molar-refractivity contribution in [1.82, 2.24) is 0 Å². The minimum Gasteiger partial charge on any atom is -0.270 e. The molecule has 0 bridgehead atoms. The molecule has 1 aromatic carbocycles. The lowest BCUT2D eigenvalue weighted by Gasteiger charge is -2.03. The van der Waals surface area contributed by atoms with Crippen molar-refractivity contribution in [3.8, 4) is 0 Å². The van der Waals surface area contributed by atoms with Gasteiger partial charge >= 0.3 is 0 Å². The molecule has 6 heteroatoms. The van der Waals surface area contributed by atoms with Crippen LogP contribution in [-0.4, -0.2) is 21.3 Å². The molecule has 0 aliphatic heterocycles. The van der Waals surface area contributed by atoms with Crippen molar-refractivity contribution in [2.45, 2.75) is 19.3 Å². The number of unbranched alkanes of at least 4 members (excludes halogenated alkanes) is 1. The smallest absolute Gasteiger partial charge is 0.264 e. The second kappa shape index (κ2) is 6.59. The number of hydrogen-bond donors (Lipinski definition) is 0. The molecule has 0 spiro atoms. The van der Waals surface area contributed by atoms with E-state index in [9.17, 15) is 8.42 Å². The second-order valence-corrected chi connectivity index (χ2v) is 6.19. The molecule has 1 aromatic rings. The zero-order valence-electron chi connectivity index (χ0n) is 9.45. The van der Waals surface area contributed by atoms with Gasteiger partial charge in [-0.15, -0.1) is 0 Å². The quantitative estimate of drug-likeness (QED) is 0.598. The van der Waals surface area contributed by atoms with Gasteiger partial charge in [0.15, 0.2) is 0 Å². The maximum atomic E-state index is 10.7. The SMILES string of the molecule is CS(=O)(=O)OCCCCc1ccc(Cl)c(Cl)c1. The van der Waals surface area contributed by atoms with Gasteiger partial charge in [0.25, 0.3) is 10.1 Å². The van der Waals surface area contributed by atoms with E-state index in [0.717, 1.165) is 24.7 Å². The summed E-state index contributed by atoms with van der Waals surface area (Å²) < 4.78 is 26.0. The fourth-order valence-corrected chi connectivity index (χ4v) is 2.08. The van der Waals surface area contributed by atoms with E-state index in [4.69, 9.17) is 23.2 Å². The fraction of sp³-hybridized carbons (Fsp3) is 0.455. The molecular formula is C11H14Cl2O3S. The first-order valence-corrected chi connectivity index (χ1v) is 7.74. The molecule has 96 valence electrons. The number of aryl methyl sites for hydroxylation is 1. The third-order valence-corrected chi connectivity index (χ3v) is 3.48. The monoisotopic (exact) mass is 296 g/mol. The first kappa shape index (κ1) is 14.8. The number of benzene rings is 1. The number of hydrogen-bond acceptors (Lipinski definition) is 3. The van der Waals surface area contributed by atoms with Crippen LogP contribution in [0.25, 0.3) is 0 Å². The number of rotatable bonds is 6. The molecule has 0 saturated carbocycles. The minimum absolute atomic E-state index is 0.222. The first-order chi connectivity index (χ1) is 7.88. The Balaban J connectivity index is 2.29. The molecule has 0 amide bonds. The van der Waals surface area contributed by atoms with E-state index in [-0.39, 0.29) is 6.61 Å². The van der Waals surface area contributed by atoms with E-state index < -0.39 is 10.1 Å². The highest BCUT2D eigenvalue weighted by Crippen LogP contribution is 2.23. The molecule has 1 rings (SSSR count). The number of halogens is 2. The van der Waals surface area contributed by atoms with Gasteiger partial charge in [0.05, 0.1) is 22.9 Å². The third-order valence-electron chi connectivity index (χ3n) is 2.14. The molecular weight excluding hydrogens is 283 g/mol. The Morgan fingerprint density at radius 2 is 1.88 bits per heavy atom. The van der Waals surface area contributed by atoms with Crippen LogP contribution in [0.3, 0.4) is 0 Å². The Bertz CT molecular complexity index is 472. The van der Waals surface area contributed by atoms with Crippen molar-refractivity contribution in [3.63, 3.8) is 0 Å². The summed E-state index contributed by atoms with van der Waals surface area (Å²) >= 11 is 11.7. The van der Waals surface area contributed by atoms with Crippen molar-refractivity contribution in [3.05, 3.63) is 33.8 Å². The predicted octanol–water partition coefficient (Wildman–Crippen LogP) is 3.29. The predicted molar refractivity (Wildman–Crippen MR) is 70.2 cm³/mol. The summed E-state index contributed by atoms with van der Waals surface area (Å²) in [7, 11) is -3.32. The zero-order valence-corrected chi connectivity index (χ0v) is 11.8. The zero-order chi connectivity index (χ0) is 12.9. The molecule has 0 atom stereocenters. The van der Waals surface area contributed by atoms with Gasteiger partial charge in [-0.2, -0.15) is 8.42 Å². The largest absolute Gasteiger partial charge is 0.270 e. The van der Waals surface area contributed by atoms with Gasteiger partial charge < -0.3 is 0 Å². The van der Waals surface area contributed by atoms with Crippen molar-refractivity contribution in [2.24, 2.45) is 0 Å². The summed E-state index contributed by atoms with van der Waals surface area (Å²) in [5.41, 5.74) is 1.08. The van der Waals surface area contributed by atoms with Crippen molar-refractivity contribution in [2.75, 3.05) is 12.9 Å². The minimum atomic E-state index is -3.32. The molecule has 0 radical (unpaired) electrons. The lowest BCUT2D eigenvalue weighted by molar-refractivity contribution is 0.312. The lowest BCUT2D eigenvalue weighted by Crippen LogP contribution is -2.04. The van der Waals surface area contributed by atoms with Crippen LogP contribution in [-0.2, 0) is 20.7 Å². The molecule has 0 fully saturated rings. The Hall–Kier alpha value is -0.290. The van der Waals surface area contributed by atoms with Crippen molar-refractivity contribution >= 4 is 33.3 Å². The van der Waals surface area contributed by atoms with Crippen LogP contribution in [0, 0.1) is 0 Å². The van der Waals surface area contributed by atoms with Crippen LogP contribution < -0.4 is 0 Å². The molecule has 0 heterocycles. The van der Waals surface area contributed by atoms with Gasteiger partial charge in [0.2, 0.25) is 0 Å². The van der Waals surface area contributed by atoms with Crippen molar-refractivity contribution < 1.29 is 12.6 Å². The van der Waals surface area contributed by atoms with Gasteiger partial charge in [-0.25, -0.2) is 0 Å².